The molecule has 0 unspecified atom stereocenters. The monoisotopic (exact) mass is 260 g/mol. The third-order valence-electron chi connectivity index (χ3n) is 1.53. The summed E-state index contributed by atoms with van der Waals surface area (Å²) in [6, 6.07) is 1.69. The highest BCUT2D eigenvalue weighted by Crippen LogP contribution is 2.14. The fraction of sp³-hybridized carbons (Fsp3) is 0.556. The second kappa shape index (κ2) is 5.93. The normalized spacial score (nSPS) is 10.2. The lowest BCUT2D eigenvalue weighted by Crippen LogP contribution is -2.05. The number of halogens is 1. The third kappa shape index (κ3) is 3.59. The predicted octanol–water partition coefficient (Wildman–Crippen LogP) is 1.56. The zero-order valence-electron chi connectivity index (χ0n) is 8.03. The second-order valence-electron chi connectivity index (χ2n) is 2.77. The van der Waals surface area contributed by atoms with Crippen LogP contribution < -0.4 is 4.74 Å². The Morgan fingerprint density at radius 3 is 2.93 bits per heavy atom. The van der Waals surface area contributed by atoms with E-state index in [0.717, 1.165) is 18.7 Å². The fourth-order valence-electron chi connectivity index (χ4n) is 1.00. The molecule has 1 heterocycles. The van der Waals surface area contributed by atoms with Gasteiger partial charge < -0.3 is 9.84 Å². The zero-order valence-corrected chi connectivity index (χ0v) is 9.62. The van der Waals surface area contributed by atoms with E-state index >= 15 is 0 Å². The highest BCUT2D eigenvalue weighted by atomic mass is 79.9. The number of ether oxygens (including phenoxy) is 1. The minimum Gasteiger partial charge on any atom is -0.475 e. The van der Waals surface area contributed by atoms with Gasteiger partial charge in [-0.2, -0.15) is 4.98 Å². The van der Waals surface area contributed by atoms with Gasteiger partial charge in [-0.05, 0) is 22.4 Å². The number of hydrogen-bond donors (Lipinski definition) is 1. The molecule has 0 amide bonds. The molecule has 5 heteroatoms. The minimum atomic E-state index is -0.00919. The third-order valence-corrected chi connectivity index (χ3v) is 1.94. The molecule has 0 spiro atoms. The first-order chi connectivity index (χ1) is 6.76. The van der Waals surface area contributed by atoms with Gasteiger partial charge in [0.2, 0.25) is 5.88 Å². The predicted molar refractivity (Wildman–Crippen MR) is 56.3 cm³/mol. The molecule has 78 valence electrons. The van der Waals surface area contributed by atoms with Crippen LogP contribution in [0.25, 0.3) is 0 Å². The Labute approximate surface area is 91.5 Å². The van der Waals surface area contributed by atoms with Gasteiger partial charge in [0.1, 0.15) is 17.0 Å². The van der Waals surface area contributed by atoms with Crippen molar-refractivity contribution in [3.8, 4) is 5.88 Å². The minimum absolute atomic E-state index is 0.00919. The average Bonchev–Trinajstić information content (AvgIpc) is 2.14. The molecule has 0 atom stereocenters. The van der Waals surface area contributed by atoms with Gasteiger partial charge in [-0.15, -0.1) is 0 Å². The van der Waals surface area contributed by atoms with Crippen molar-refractivity contribution in [1.29, 1.82) is 0 Å². The van der Waals surface area contributed by atoms with Crippen molar-refractivity contribution in [1.82, 2.24) is 9.97 Å². The largest absolute Gasteiger partial charge is 0.475 e. The lowest BCUT2D eigenvalue weighted by atomic mass is 10.3. The van der Waals surface area contributed by atoms with Crippen LogP contribution in [0, 0.1) is 0 Å². The molecule has 0 aliphatic rings. The fourth-order valence-corrected chi connectivity index (χ4v) is 1.40. The van der Waals surface area contributed by atoms with E-state index < -0.39 is 0 Å². The summed E-state index contributed by atoms with van der Waals surface area (Å²) in [6.45, 7) is 2.32. The highest BCUT2D eigenvalue weighted by molar-refractivity contribution is 9.10. The molecule has 4 nitrogen and oxygen atoms in total. The maximum absolute atomic E-state index is 8.59. The Kier molecular flexibility index (Phi) is 4.82. The molecule has 1 aromatic heterocycles. The second-order valence-corrected chi connectivity index (χ2v) is 3.58. The van der Waals surface area contributed by atoms with Crippen LogP contribution >= 0.6 is 15.9 Å². The number of aromatic nitrogens is 2. The van der Waals surface area contributed by atoms with Gasteiger partial charge in [0.05, 0.1) is 6.61 Å². The summed E-state index contributed by atoms with van der Waals surface area (Å²) in [5.41, 5.74) is 0. The van der Waals surface area contributed by atoms with Crippen molar-refractivity contribution in [2.75, 3.05) is 13.2 Å². The zero-order chi connectivity index (χ0) is 10.4. The van der Waals surface area contributed by atoms with E-state index in [-0.39, 0.29) is 13.2 Å². The van der Waals surface area contributed by atoms with Crippen molar-refractivity contribution in [3.05, 3.63) is 16.5 Å². The van der Waals surface area contributed by atoms with Crippen LogP contribution in [0.5, 0.6) is 5.88 Å². The first-order valence-electron chi connectivity index (χ1n) is 4.53. The summed E-state index contributed by atoms with van der Waals surface area (Å²) in [7, 11) is 0. The lowest BCUT2D eigenvalue weighted by molar-refractivity contribution is 0.196. The first kappa shape index (κ1) is 11.4. The van der Waals surface area contributed by atoms with E-state index in [4.69, 9.17) is 9.84 Å². The van der Waals surface area contributed by atoms with Gasteiger partial charge in [-0.25, -0.2) is 4.98 Å². The first-order valence-corrected chi connectivity index (χ1v) is 5.32. The molecular formula is C9H13BrN2O2. The Morgan fingerprint density at radius 1 is 1.50 bits per heavy atom. The van der Waals surface area contributed by atoms with Gasteiger partial charge in [0, 0.05) is 12.5 Å². The summed E-state index contributed by atoms with van der Waals surface area (Å²) < 4.78 is 5.90. The number of aryl methyl sites for hydroxylation is 1. The summed E-state index contributed by atoms with van der Waals surface area (Å²) >= 11 is 3.28. The molecular weight excluding hydrogens is 248 g/mol. The van der Waals surface area contributed by atoms with Crippen molar-refractivity contribution in [3.63, 3.8) is 0 Å². The van der Waals surface area contributed by atoms with Crippen molar-refractivity contribution >= 4 is 15.9 Å². The van der Waals surface area contributed by atoms with Crippen LogP contribution in [0.2, 0.25) is 0 Å². The maximum atomic E-state index is 8.59. The van der Waals surface area contributed by atoms with Crippen molar-refractivity contribution in [2.24, 2.45) is 0 Å². The molecule has 0 saturated carbocycles. The smallest absolute Gasteiger partial charge is 0.217 e. The van der Waals surface area contributed by atoms with Gasteiger partial charge in [-0.1, -0.05) is 6.92 Å². The van der Waals surface area contributed by atoms with Gasteiger partial charge in [0.25, 0.3) is 0 Å². The molecule has 0 bridgehead atoms. The van der Waals surface area contributed by atoms with E-state index in [1.54, 1.807) is 6.07 Å². The summed E-state index contributed by atoms with van der Waals surface area (Å²) in [5.74, 6) is 1.26. The lowest BCUT2D eigenvalue weighted by Gasteiger charge is -2.05. The molecule has 0 aromatic carbocycles. The van der Waals surface area contributed by atoms with Crippen LogP contribution in [0.4, 0.5) is 0 Å². The van der Waals surface area contributed by atoms with Gasteiger partial charge >= 0.3 is 0 Å². The highest BCUT2D eigenvalue weighted by Gasteiger charge is 2.02. The SMILES string of the molecule is CCCc1nc(Br)cc(OCCO)n1. The Balaban J connectivity index is 2.73. The average molecular weight is 261 g/mol. The molecule has 0 radical (unpaired) electrons. The number of hydrogen-bond acceptors (Lipinski definition) is 4. The number of aliphatic hydroxyl groups excluding tert-OH is 1. The standard InChI is InChI=1S/C9H13BrN2O2/c1-2-3-8-11-7(10)6-9(12-8)14-5-4-13/h6,13H,2-5H2,1H3. The molecule has 0 fully saturated rings. The van der Waals surface area contributed by atoms with Crippen molar-refractivity contribution < 1.29 is 9.84 Å². The van der Waals surface area contributed by atoms with Gasteiger partial charge in [-0.3, -0.25) is 0 Å². The number of aliphatic hydroxyl groups is 1. The Hall–Kier alpha value is -0.680. The van der Waals surface area contributed by atoms with Crippen LogP contribution in [-0.2, 0) is 6.42 Å². The number of nitrogens with zero attached hydrogens (tertiary/aromatic N) is 2. The van der Waals surface area contributed by atoms with E-state index in [2.05, 4.69) is 32.8 Å². The Morgan fingerprint density at radius 2 is 2.29 bits per heavy atom. The Bertz CT molecular complexity index is 294. The molecule has 0 saturated heterocycles. The summed E-state index contributed by atoms with van der Waals surface area (Å²) in [4.78, 5) is 8.38. The maximum Gasteiger partial charge on any atom is 0.217 e. The van der Waals surface area contributed by atoms with Gasteiger partial charge in [0.15, 0.2) is 0 Å². The topological polar surface area (TPSA) is 55.2 Å². The molecule has 14 heavy (non-hydrogen) atoms. The molecule has 0 aliphatic heterocycles. The molecule has 1 N–H and O–H groups in total. The molecule has 1 rings (SSSR count). The quantitative estimate of drug-likeness (QED) is 0.817. The van der Waals surface area contributed by atoms with E-state index in [1.165, 1.54) is 0 Å². The number of rotatable bonds is 5. The van der Waals surface area contributed by atoms with Crippen LogP contribution in [0.3, 0.4) is 0 Å². The van der Waals surface area contributed by atoms with Crippen LogP contribution in [0.15, 0.2) is 10.7 Å². The van der Waals surface area contributed by atoms with Crippen molar-refractivity contribution in [2.45, 2.75) is 19.8 Å². The molecule has 1 aromatic rings. The van der Waals surface area contributed by atoms with E-state index in [9.17, 15) is 0 Å². The van der Waals surface area contributed by atoms with Crippen LogP contribution in [-0.4, -0.2) is 28.3 Å². The van der Waals surface area contributed by atoms with Crippen LogP contribution in [0.1, 0.15) is 19.2 Å². The van der Waals surface area contributed by atoms with E-state index in [0.29, 0.717) is 10.5 Å². The molecule has 0 aliphatic carbocycles. The summed E-state index contributed by atoms with van der Waals surface area (Å²) in [6.07, 6.45) is 1.82. The summed E-state index contributed by atoms with van der Waals surface area (Å²) in [5, 5.41) is 8.59. The van der Waals surface area contributed by atoms with E-state index in [1.807, 2.05) is 0 Å².